The highest BCUT2D eigenvalue weighted by atomic mass is 19.1. The number of benzene rings is 2. The van der Waals surface area contributed by atoms with E-state index in [2.05, 4.69) is 10.3 Å². The van der Waals surface area contributed by atoms with Gasteiger partial charge in [-0.3, -0.25) is 4.98 Å². The Labute approximate surface area is 156 Å². The first-order valence-corrected chi connectivity index (χ1v) is 8.67. The van der Waals surface area contributed by atoms with Crippen LogP contribution in [0.1, 0.15) is 5.56 Å². The molecule has 3 aromatic rings. The van der Waals surface area contributed by atoms with Crippen molar-refractivity contribution in [3.05, 3.63) is 78.4 Å². The van der Waals surface area contributed by atoms with E-state index in [1.165, 1.54) is 12.1 Å². The van der Waals surface area contributed by atoms with Gasteiger partial charge >= 0.3 is 6.03 Å². The summed E-state index contributed by atoms with van der Waals surface area (Å²) >= 11 is 0. The molecule has 0 saturated heterocycles. The number of anilines is 1. The maximum atomic E-state index is 13.3. The molecular formula is C21H18FN3O2. The van der Waals surface area contributed by atoms with Crippen molar-refractivity contribution in [2.24, 2.45) is 0 Å². The molecule has 0 fully saturated rings. The second kappa shape index (κ2) is 7.45. The SMILES string of the molecule is O=C(Nc1cccc(F)c1)N1CCOc2ccc(-c3ccncc3)cc2C1. The zero-order chi connectivity index (χ0) is 18.6. The predicted molar refractivity (Wildman–Crippen MR) is 101 cm³/mol. The van der Waals surface area contributed by atoms with E-state index in [0.717, 1.165) is 22.4 Å². The molecule has 0 radical (unpaired) electrons. The van der Waals surface area contributed by atoms with Crippen LogP contribution in [0.25, 0.3) is 11.1 Å². The molecular weight excluding hydrogens is 345 g/mol. The lowest BCUT2D eigenvalue weighted by Gasteiger charge is -2.20. The van der Waals surface area contributed by atoms with Crippen molar-refractivity contribution in [3.63, 3.8) is 0 Å². The van der Waals surface area contributed by atoms with Crippen LogP contribution in [-0.4, -0.2) is 29.1 Å². The van der Waals surface area contributed by atoms with Gasteiger partial charge in [-0.05, 0) is 53.6 Å². The van der Waals surface area contributed by atoms with Crippen molar-refractivity contribution >= 4 is 11.7 Å². The summed E-state index contributed by atoms with van der Waals surface area (Å²) in [5.41, 5.74) is 3.44. The van der Waals surface area contributed by atoms with Gasteiger partial charge in [-0.25, -0.2) is 9.18 Å². The second-order valence-electron chi connectivity index (χ2n) is 6.27. The van der Waals surface area contributed by atoms with E-state index in [1.54, 1.807) is 29.4 Å². The zero-order valence-corrected chi connectivity index (χ0v) is 14.6. The molecule has 1 aliphatic rings. The highest BCUT2D eigenvalue weighted by Gasteiger charge is 2.20. The van der Waals surface area contributed by atoms with E-state index in [4.69, 9.17) is 4.74 Å². The summed E-state index contributed by atoms with van der Waals surface area (Å²) in [5.74, 6) is 0.383. The quantitative estimate of drug-likeness (QED) is 0.738. The van der Waals surface area contributed by atoms with Crippen LogP contribution in [0.3, 0.4) is 0 Å². The van der Waals surface area contributed by atoms with Gasteiger partial charge in [0.15, 0.2) is 0 Å². The van der Waals surface area contributed by atoms with Crippen LogP contribution in [0.15, 0.2) is 67.0 Å². The molecule has 0 spiro atoms. The van der Waals surface area contributed by atoms with Crippen molar-refractivity contribution in [1.82, 2.24) is 9.88 Å². The molecule has 0 atom stereocenters. The number of hydrogen-bond acceptors (Lipinski definition) is 3. The van der Waals surface area contributed by atoms with Crippen LogP contribution in [0.5, 0.6) is 5.75 Å². The average Bonchev–Trinajstić information content (AvgIpc) is 2.90. The molecule has 27 heavy (non-hydrogen) atoms. The minimum absolute atomic E-state index is 0.286. The number of urea groups is 1. The number of hydrogen-bond donors (Lipinski definition) is 1. The van der Waals surface area contributed by atoms with Crippen LogP contribution in [0.2, 0.25) is 0 Å². The number of amides is 2. The number of pyridine rings is 1. The first-order chi connectivity index (χ1) is 13.2. The van der Waals surface area contributed by atoms with Crippen LogP contribution >= 0.6 is 0 Å². The summed E-state index contributed by atoms with van der Waals surface area (Å²) in [6.07, 6.45) is 3.49. The fourth-order valence-electron chi connectivity index (χ4n) is 3.06. The summed E-state index contributed by atoms with van der Waals surface area (Å²) in [6, 6.07) is 15.4. The number of fused-ring (bicyclic) bond motifs is 1. The highest BCUT2D eigenvalue weighted by Crippen LogP contribution is 2.29. The fourth-order valence-corrected chi connectivity index (χ4v) is 3.06. The molecule has 2 aromatic carbocycles. The van der Waals surface area contributed by atoms with Gasteiger partial charge in [0.05, 0.1) is 13.1 Å². The van der Waals surface area contributed by atoms with E-state index >= 15 is 0 Å². The molecule has 0 aliphatic carbocycles. The molecule has 1 aromatic heterocycles. The fraction of sp³-hybridized carbons (Fsp3) is 0.143. The third-order valence-corrected chi connectivity index (χ3v) is 4.42. The van der Waals surface area contributed by atoms with Crippen LogP contribution in [0, 0.1) is 5.82 Å². The van der Waals surface area contributed by atoms with E-state index in [1.807, 2.05) is 30.3 Å². The summed E-state index contributed by atoms with van der Waals surface area (Å²) in [4.78, 5) is 18.3. The molecule has 0 unspecified atom stereocenters. The number of nitrogens with zero attached hydrogens (tertiary/aromatic N) is 2. The number of carbonyl (C=O) groups is 1. The van der Waals surface area contributed by atoms with E-state index in [0.29, 0.717) is 25.4 Å². The molecule has 4 rings (SSSR count). The van der Waals surface area contributed by atoms with Gasteiger partial charge in [0.1, 0.15) is 18.2 Å². The maximum Gasteiger partial charge on any atom is 0.322 e. The summed E-state index contributed by atoms with van der Waals surface area (Å²) in [6.45, 7) is 1.26. The second-order valence-corrected chi connectivity index (χ2v) is 6.27. The molecule has 1 N–H and O–H groups in total. The standard InChI is InChI=1S/C21H18FN3O2/c22-18-2-1-3-19(13-18)24-21(26)25-10-11-27-20-5-4-16(12-17(20)14-25)15-6-8-23-9-7-15/h1-9,12-13H,10-11,14H2,(H,24,26). The van der Waals surface area contributed by atoms with Crippen LogP contribution in [-0.2, 0) is 6.54 Å². The van der Waals surface area contributed by atoms with Gasteiger partial charge in [-0.15, -0.1) is 0 Å². The molecule has 1 aliphatic heterocycles. The van der Waals surface area contributed by atoms with Gasteiger partial charge in [0.2, 0.25) is 0 Å². The first kappa shape index (κ1) is 17.0. The molecule has 6 heteroatoms. The average molecular weight is 363 g/mol. The summed E-state index contributed by atoms with van der Waals surface area (Å²) in [7, 11) is 0. The topological polar surface area (TPSA) is 54.5 Å². The monoisotopic (exact) mass is 363 g/mol. The molecule has 2 heterocycles. The number of halogens is 1. The predicted octanol–water partition coefficient (Wildman–Crippen LogP) is 4.31. The molecule has 2 amide bonds. The van der Waals surface area contributed by atoms with Gasteiger partial charge in [-0.2, -0.15) is 0 Å². The Kier molecular flexibility index (Phi) is 4.70. The van der Waals surface area contributed by atoms with Gasteiger partial charge in [-0.1, -0.05) is 12.1 Å². The maximum absolute atomic E-state index is 13.3. The van der Waals surface area contributed by atoms with Crippen LogP contribution in [0.4, 0.5) is 14.9 Å². The van der Waals surface area contributed by atoms with Gasteiger partial charge in [0, 0.05) is 23.6 Å². The molecule has 0 saturated carbocycles. The number of aromatic nitrogens is 1. The lowest BCUT2D eigenvalue weighted by atomic mass is 10.0. The lowest BCUT2D eigenvalue weighted by Crippen LogP contribution is -2.36. The third kappa shape index (κ3) is 3.89. The van der Waals surface area contributed by atoms with Crippen molar-refractivity contribution in [2.75, 3.05) is 18.5 Å². The van der Waals surface area contributed by atoms with E-state index in [-0.39, 0.29) is 11.8 Å². The minimum atomic E-state index is -0.390. The normalized spacial score (nSPS) is 13.3. The molecule has 5 nitrogen and oxygen atoms in total. The summed E-state index contributed by atoms with van der Waals surface area (Å²) < 4.78 is 19.1. The smallest absolute Gasteiger partial charge is 0.322 e. The Balaban J connectivity index is 1.55. The molecule has 0 bridgehead atoms. The van der Waals surface area contributed by atoms with Gasteiger partial charge < -0.3 is 15.0 Å². The number of nitrogens with one attached hydrogen (secondary N) is 1. The Hall–Kier alpha value is -3.41. The van der Waals surface area contributed by atoms with Gasteiger partial charge in [0.25, 0.3) is 0 Å². The Morgan fingerprint density at radius 3 is 2.74 bits per heavy atom. The zero-order valence-electron chi connectivity index (χ0n) is 14.6. The third-order valence-electron chi connectivity index (χ3n) is 4.42. The number of carbonyl (C=O) groups excluding carboxylic acids is 1. The van der Waals surface area contributed by atoms with Crippen molar-refractivity contribution in [2.45, 2.75) is 6.54 Å². The van der Waals surface area contributed by atoms with Crippen molar-refractivity contribution in [3.8, 4) is 16.9 Å². The van der Waals surface area contributed by atoms with Crippen molar-refractivity contribution < 1.29 is 13.9 Å². The first-order valence-electron chi connectivity index (χ1n) is 8.67. The number of ether oxygens (including phenoxy) is 1. The van der Waals surface area contributed by atoms with Crippen molar-refractivity contribution in [1.29, 1.82) is 0 Å². The minimum Gasteiger partial charge on any atom is -0.491 e. The Morgan fingerprint density at radius 2 is 1.93 bits per heavy atom. The highest BCUT2D eigenvalue weighted by molar-refractivity contribution is 5.89. The number of rotatable bonds is 2. The van der Waals surface area contributed by atoms with E-state index < -0.39 is 0 Å². The van der Waals surface area contributed by atoms with Crippen LogP contribution < -0.4 is 10.1 Å². The molecule has 136 valence electrons. The Bertz CT molecular complexity index is 963. The Morgan fingerprint density at radius 1 is 1.07 bits per heavy atom. The lowest BCUT2D eigenvalue weighted by molar-refractivity contribution is 0.200. The van der Waals surface area contributed by atoms with E-state index in [9.17, 15) is 9.18 Å². The largest absolute Gasteiger partial charge is 0.491 e. The summed E-state index contributed by atoms with van der Waals surface area (Å²) in [5, 5.41) is 2.74.